The minimum absolute atomic E-state index is 0.0296. The number of methoxy groups -OCH3 is 2. The van der Waals surface area contributed by atoms with Gasteiger partial charge in [-0.05, 0) is 41.8 Å². The number of benzene rings is 2. The second-order valence-corrected chi connectivity index (χ2v) is 7.94. The van der Waals surface area contributed by atoms with Gasteiger partial charge in [0.05, 0.1) is 27.0 Å². The van der Waals surface area contributed by atoms with Crippen molar-refractivity contribution in [3.63, 3.8) is 0 Å². The first-order valence-electron chi connectivity index (χ1n) is 11.2. The molecule has 4 rings (SSSR count). The number of aromatic amines is 1. The lowest BCUT2D eigenvalue weighted by atomic mass is 10.1. The highest BCUT2D eigenvalue weighted by atomic mass is 16.5. The van der Waals surface area contributed by atoms with Gasteiger partial charge < -0.3 is 19.6 Å². The van der Waals surface area contributed by atoms with Crippen molar-refractivity contribution in [2.45, 2.75) is 13.0 Å². The quantitative estimate of drug-likeness (QED) is 0.369. The van der Waals surface area contributed by atoms with E-state index in [1.165, 1.54) is 28.9 Å². The fraction of sp³-hybridized carbons (Fsp3) is 0.192. The van der Waals surface area contributed by atoms with Gasteiger partial charge in [-0.15, -0.1) is 0 Å². The number of amides is 1. The summed E-state index contributed by atoms with van der Waals surface area (Å²) in [6, 6.07) is 17.6. The van der Waals surface area contributed by atoms with Crippen molar-refractivity contribution in [2.24, 2.45) is 0 Å². The zero-order valence-corrected chi connectivity index (χ0v) is 19.9. The summed E-state index contributed by atoms with van der Waals surface area (Å²) in [6.45, 7) is 0.194. The molecule has 0 spiro atoms. The molecule has 0 aliphatic rings. The highest BCUT2D eigenvalue weighted by molar-refractivity contribution is 6.05. The molecule has 0 atom stereocenters. The number of nitrogens with one attached hydrogen (secondary N) is 1. The van der Waals surface area contributed by atoms with Gasteiger partial charge in [-0.3, -0.25) is 24.0 Å². The van der Waals surface area contributed by atoms with Crippen LogP contribution in [0.1, 0.15) is 21.7 Å². The Bertz CT molecular complexity index is 1460. The number of aromatic nitrogens is 2. The predicted molar refractivity (Wildman–Crippen MR) is 135 cm³/mol. The molecule has 4 aromatic rings. The van der Waals surface area contributed by atoms with Crippen LogP contribution in [0.25, 0.3) is 0 Å². The van der Waals surface area contributed by atoms with Crippen molar-refractivity contribution in [2.75, 3.05) is 31.4 Å². The van der Waals surface area contributed by atoms with Gasteiger partial charge in [0.25, 0.3) is 11.5 Å². The van der Waals surface area contributed by atoms with Crippen LogP contribution < -0.4 is 31.4 Å². The summed E-state index contributed by atoms with van der Waals surface area (Å²) in [6.07, 6.45) is 1.72. The topological polar surface area (TPSA) is 133 Å². The van der Waals surface area contributed by atoms with E-state index in [4.69, 9.17) is 19.6 Å². The number of H-pyrrole nitrogens is 1. The number of furan rings is 1. The van der Waals surface area contributed by atoms with Crippen LogP contribution in [0, 0.1) is 0 Å². The van der Waals surface area contributed by atoms with E-state index in [0.29, 0.717) is 17.9 Å². The molecule has 1 amide bonds. The number of carbonyl (C=O) groups is 1. The van der Waals surface area contributed by atoms with Gasteiger partial charge in [0.1, 0.15) is 5.82 Å². The molecule has 0 bridgehead atoms. The van der Waals surface area contributed by atoms with E-state index in [9.17, 15) is 14.4 Å². The second kappa shape index (κ2) is 10.7. The molecule has 0 fully saturated rings. The zero-order chi connectivity index (χ0) is 25.7. The van der Waals surface area contributed by atoms with Crippen LogP contribution in [0.5, 0.6) is 11.5 Å². The van der Waals surface area contributed by atoms with Gasteiger partial charge in [0.15, 0.2) is 22.9 Å². The third-order valence-electron chi connectivity index (χ3n) is 5.72. The Hall–Kier alpha value is -4.73. The van der Waals surface area contributed by atoms with Gasteiger partial charge >= 0.3 is 5.69 Å². The molecule has 2 aromatic carbocycles. The molecule has 0 radical (unpaired) electrons. The summed E-state index contributed by atoms with van der Waals surface area (Å²) < 4.78 is 17.2. The van der Waals surface area contributed by atoms with E-state index >= 15 is 0 Å². The fourth-order valence-corrected chi connectivity index (χ4v) is 3.89. The molecule has 0 saturated carbocycles. The summed E-state index contributed by atoms with van der Waals surface area (Å²) in [5, 5.41) is 0. The molecule has 0 unspecified atom stereocenters. The van der Waals surface area contributed by atoms with Gasteiger partial charge in [0, 0.05) is 6.54 Å². The number of nitrogens with two attached hydrogens (primary N) is 1. The monoisotopic (exact) mass is 490 g/mol. The molecule has 186 valence electrons. The Kier molecular flexibility index (Phi) is 7.24. The minimum atomic E-state index is -0.769. The first-order valence-corrected chi connectivity index (χ1v) is 11.2. The van der Waals surface area contributed by atoms with Crippen LogP contribution in [0.2, 0.25) is 0 Å². The molecule has 36 heavy (non-hydrogen) atoms. The number of anilines is 2. The molecule has 10 heteroatoms. The number of nitrogen functional groups attached to an aromatic ring is 1. The van der Waals surface area contributed by atoms with Gasteiger partial charge in [0.2, 0.25) is 0 Å². The van der Waals surface area contributed by atoms with Crippen LogP contribution in [0.15, 0.2) is 80.9 Å². The molecule has 3 N–H and O–H groups in total. The van der Waals surface area contributed by atoms with Crippen molar-refractivity contribution in [1.82, 2.24) is 9.55 Å². The number of hydrogen-bond acceptors (Lipinski definition) is 7. The summed E-state index contributed by atoms with van der Waals surface area (Å²) in [7, 11) is 3.07. The molecular weight excluding hydrogens is 464 g/mol. The Labute approximate surface area is 206 Å². The lowest BCUT2D eigenvalue weighted by Gasteiger charge is -2.24. The van der Waals surface area contributed by atoms with Crippen LogP contribution in [-0.2, 0) is 13.0 Å². The summed E-state index contributed by atoms with van der Waals surface area (Å²) in [5.74, 6) is 0.440. The summed E-state index contributed by atoms with van der Waals surface area (Å²) in [4.78, 5) is 42.5. The summed E-state index contributed by atoms with van der Waals surface area (Å²) >= 11 is 0. The number of nitrogens with zero attached hydrogens (tertiary/aromatic N) is 2. The first kappa shape index (κ1) is 24.4. The normalized spacial score (nSPS) is 10.7. The number of rotatable bonds is 9. The first-order chi connectivity index (χ1) is 17.4. The average Bonchev–Trinajstić information content (AvgIpc) is 3.43. The van der Waals surface area contributed by atoms with E-state index in [0.717, 1.165) is 11.1 Å². The molecule has 2 aromatic heterocycles. The van der Waals surface area contributed by atoms with Crippen molar-refractivity contribution in [3.05, 3.63) is 105 Å². The third-order valence-corrected chi connectivity index (χ3v) is 5.72. The largest absolute Gasteiger partial charge is 0.493 e. The van der Waals surface area contributed by atoms with Crippen LogP contribution in [0.4, 0.5) is 11.5 Å². The van der Waals surface area contributed by atoms with Gasteiger partial charge in [-0.25, -0.2) is 4.79 Å². The van der Waals surface area contributed by atoms with Crippen molar-refractivity contribution < 1.29 is 18.7 Å². The smallest absolute Gasteiger partial charge is 0.330 e. The Morgan fingerprint density at radius 2 is 1.75 bits per heavy atom. The Morgan fingerprint density at radius 3 is 2.42 bits per heavy atom. The van der Waals surface area contributed by atoms with Crippen LogP contribution in [-0.4, -0.2) is 36.2 Å². The molecule has 2 heterocycles. The van der Waals surface area contributed by atoms with E-state index in [1.807, 2.05) is 36.4 Å². The predicted octanol–water partition coefficient (Wildman–Crippen LogP) is 2.67. The maximum absolute atomic E-state index is 13.4. The highest BCUT2D eigenvalue weighted by Gasteiger charge is 2.27. The average molecular weight is 491 g/mol. The van der Waals surface area contributed by atoms with Crippen LogP contribution >= 0.6 is 0 Å². The molecule has 0 aliphatic heterocycles. The van der Waals surface area contributed by atoms with Crippen molar-refractivity contribution in [1.29, 1.82) is 0 Å². The Morgan fingerprint density at radius 1 is 1.00 bits per heavy atom. The lowest BCUT2D eigenvalue weighted by molar-refractivity contribution is 0.0960. The molecule has 0 saturated heterocycles. The second-order valence-electron chi connectivity index (χ2n) is 7.94. The van der Waals surface area contributed by atoms with E-state index < -0.39 is 17.2 Å². The lowest BCUT2D eigenvalue weighted by Crippen LogP contribution is -2.42. The van der Waals surface area contributed by atoms with Gasteiger partial charge in [-0.2, -0.15) is 0 Å². The van der Waals surface area contributed by atoms with Gasteiger partial charge in [-0.1, -0.05) is 36.4 Å². The van der Waals surface area contributed by atoms with E-state index in [-0.39, 0.29) is 30.4 Å². The highest BCUT2D eigenvalue weighted by Crippen LogP contribution is 2.28. The van der Waals surface area contributed by atoms with Crippen molar-refractivity contribution in [3.8, 4) is 11.5 Å². The number of carbonyl (C=O) groups excluding carboxylic acids is 1. The van der Waals surface area contributed by atoms with Crippen LogP contribution in [0.3, 0.4) is 0 Å². The Balaban J connectivity index is 1.74. The maximum atomic E-state index is 13.4. The molecule has 0 aliphatic carbocycles. The third kappa shape index (κ3) is 5.02. The van der Waals surface area contributed by atoms with E-state index in [2.05, 4.69) is 4.98 Å². The number of hydrogen-bond donors (Lipinski definition) is 2. The maximum Gasteiger partial charge on any atom is 0.330 e. The molecule has 10 nitrogen and oxygen atoms in total. The fourth-order valence-electron chi connectivity index (χ4n) is 3.89. The van der Waals surface area contributed by atoms with E-state index in [1.54, 1.807) is 25.3 Å². The summed E-state index contributed by atoms with van der Waals surface area (Å²) in [5.41, 5.74) is 6.42. The number of ether oxygens (including phenoxy) is 2. The standard InChI is InChI=1S/C26H26N4O6/c1-34-19-11-10-17(15-21(19)35-2)12-13-29(25(32)20-9-6-14-36-20)22-23(27)30(26(33)28-24(22)31)16-18-7-4-3-5-8-18/h3-11,14-15H,12-13,16,27H2,1-2H3,(H,28,31,33). The molecular formula is C26H26N4O6. The zero-order valence-electron chi connectivity index (χ0n) is 19.9. The minimum Gasteiger partial charge on any atom is -0.493 e. The van der Waals surface area contributed by atoms with Crippen molar-refractivity contribution >= 4 is 17.4 Å². The SMILES string of the molecule is COc1ccc(CCN(C(=O)c2ccco2)c2c(N)n(Cc3ccccc3)c(=O)[nH]c2=O)cc1OC.